The minimum absolute atomic E-state index is 0.0874. The van der Waals surface area contributed by atoms with E-state index in [4.69, 9.17) is 0 Å². The zero-order valence-electron chi connectivity index (χ0n) is 14.8. The zero-order valence-corrected chi connectivity index (χ0v) is 14.8. The predicted molar refractivity (Wildman–Crippen MR) is 93.6 cm³/mol. The maximum Gasteiger partial charge on any atom is 0.178 e. The van der Waals surface area contributed by atoms with E-state index >= 15 is 4.39 Å². The van der Waals surface area contributed by atoms with Crippen LogP contribution in [-0.4, -0.2) is 28.8 Å². The lowest BCUT2D eigenvalue weighted by Gasteiger charge is -2.52. The van der Waals surface area contributed by atoms with Crippen LogP contribution >= 0.6 is 0 Å². The van der Waals surface area contributed by atoms with Gasteiger partial charge in [0.25, 0.3) is 0 Å². The molecule has 0 heterocycles. The monoisotopic (exact) mass is 344 g/mol. The quantitative estimate of drug-likeness (QED) is 0.559. The lowest BCUT2D eigenvalue weighted by Crippen LogP contribution is -2.45. The summed E-state index contributed by atoms with van der Waals surface area (Å²) in [6.07, 6.45) is 8.86. The van der Waals surface area contributed by atoms with Gasteiger partial charge < -0.3 is 10.2 Å². The molecule has 0 radical (unpaired) electrons. The number of rotatable bonds is 1. The number of aliphatic hydroxyl groups excluding tert-OH is 2. The van der Waals surface area contributed by atoms with E-state index in [9.17, 15) is 15.0 Å². The second-order valence-corrected chi connectivity index (χ2v) is 8.36. The molecule has 0 aromatic rings. The summed E-state index contributed by atoms with van der Waals surface area (Å²) < 4.78 is 15.0. The van der Waals surface area contributed by atoms with Gasteiger partial charge in [0.1, 0.15) is 18.5 Å². The van der Waals surface area contributed by atoms with Gasteiger partial charge in [-0.2, -0.15) is 0 Å². The van der Waals surface area contributed by atoms with E-state index in [1.807, 2.05) is 13.0 Å². The Bertz CT molecular complexity index is 759. The first kappa shape index (κ1) is 16.8. The summed E-state index contributed by atoms with van der Waals surface area (Å²) in [6.45, 7) is 3.83. The third-order valence-electron chi connectivity index (χ3n) is 7.22. The highest BCUT2D eigenvalue weighted by Crippen LogP contribution is 2.64. The normalized spacial score (nSPS) is 44.5. The number of hydrogen-bond acceptors (Lipinski definition) is 3. The van der Waals surface area contributed by atoms with Crippen molar-refractivity contribution in [3.8, 4) is 0 Å². The Morgan fingerprint density at radius 1 is 1.36 bits per heavy atom. The maximum atomic E-state index is 15.0. The fraction of sp³-hybridized carbons (Fsp3) is 0.571. The van der Waals surface area contributed by atoms with Crippen molar-refractivity contribution >= 4 is 5.78 Å². The lowest BCUT2D eigenvalue weighted by molar-refractivity contribution is -0.110. The fourth-order valence-corrected chi connectivity index (χ4v) is 5.92. The number of carbonyl (C=O) groups is 1. The third kappa shape index (κ3) is 2.16. The van der Waals surface area contributed by atoms with Gasteiger partial charge in [-0.3, -0.25) is 4.79 Å². The summed E-state index contributed by atoms with van der Waals surface area (Å²) in [6, 6.07) is 0. The van der Waals surface area contributed by atoms with E-state index in [-0.39, 0.29) is 35.4 Å². The molecular weight excluding hydrogens is 319 g/mol. The number of alkyl halides is 1. The Labute approximate surface area is 147 Å². The highest BCUT2D eigenvalue weighted by Gasteiger charge is 2.56. The molecule has 0 saturated heterocycles. The fourth-order valence-electron chi connectivity index (χ4n) is 5.92. The number of carbonyl (C=O) groups excluding carboxylic acids is 1. The minimum atomic E-state index is -1.11. The predicted octanol–water partition coefficient (Wildman–Crippen LogP) is 3.97. The van der Waals surface area contributed by atoms with Crippen LogP contribution in [0.2, 0.25) is 0 Å². The summed E-state index contributed by atoms with van der Waals surface area (Å²) in [4.78, 5) is 11.7. The summed E-state index contributed by atoms with van der Waals surface area (Å²) in [5.74, 6) is 0.329. The molecule has 3 nitrogen and oxygen atoms in total. The molecule has 4 rings (SSSR count). The molecule has 2 saturated carbocycles. The summed E-state index contributed by atoms with van der Waals surface area (Å²) in [7, 11) is 0. The Hall–Kier alpha value is -1.68. The smallest absolute Gasteiger partial charge is 0.178 e. The van der Waals surface area contributed by atoms with Crippen molar-refractivity contribution in [2.75, 3.05) is 6.61 Å². The molecule has 2 fully saturated rings. The molecule has 4 aliphatic carbocycles. The van der Waals surface area contributed by atoms with E-state index in [0.29, 0.717) is 12.0 Å². The van der Waals surface area contributed by atoms with Gasteiger partial charge in [-0.15, -0.1) is 0 Å². The van der Waals surface area contributed by atoms with Crippen LogP contribution in [0.5, 0.6) is 0 Å². The Morgan fingerprint density at radius 3 is 2.84 bits per heavy atom. The number of aliphatic hydroxyl groups is 2. The molecule has 0 unspecified atom stereocenters. The third-order valence-corrected chi connectivity index (χ3v) is 7.22. The molecule has 5 atom stereocenters. The number of fused-ring (bicyclic) bond motifs is 5. The van der Waals surface area contributed by atoms with Crippen molar-refractivity contribution in [3.63, 3.8) is 0 Å². The van der Waals surface area contributed by atoms with E-state index in [1.165, 1.54) is 11.6 Å². The average Bonchev–Trinajstić information content (AvgIpc) is 2.93. The molecule has 2 N–H and O–H groups in total. The standard InChI is InChI=1S/C21H25FO3/c1-20-8-6-15-13(14(20)3-4-16(20)19(25)11-23)10-18(22)17-9-12(24)5-7-21(15,17)2/h5-7,9,13-14,18,23,25H,3-4,8,10-11H2,1-2H3/t13-,14-,18-,20-,21+/m0/s1. The number of allylic oxidation sites excluding steroid dienone is 7. The van der Waals surface area contributed by atoms with Crippen LogP contribution < -0.4 is 0 Å². The highest BCUT2D eigenvalue weighted by molar-refractivity contribution is 6.01. The van der Waals surface area contributed by atoms with Crippen LogP contribution in [0, 0.1) is 22.7 Å². The molecule has 25 heavy (non-hydrogen) atoms. The number of ketones is 1. The first-order valence-electron chi connectivity index (χ1n) is 9.13. The largest absolute Gasteiger partial charge is 0.510 e. The molecule has 134 valence electrons. The lowest BCUT2D eigenvalue weighted by atomic mass is 9.52. The van der Waals surface area contributed by atoms with Crippen molar-refractivity contribution in [3.05, 3.63) is 46.8 Å². The van der Waals surface area contributed by atoms with Crippen LogP contribution in [-0.2, 0) is 4.79 Å². The highest BCUT2D eigenvalue weighted by atomic mass is 19.1. The number of hydrogen-bond donors (Lipinski definition) is 2. The molecular formula is C21H25FO3. The second-order valence-electron chi connectivity index (χ2n) is 8.36. The number of halogens is 1. The van der Waals surface area contributed by atoms with Gasteiger partial charge in [0, 0.05) is 5.41 Å². The molecule has 4 heteroatoms. The van der Waals surface area contributed by atoms with E-state index in [1.54, 1.807) is 6.08 Å². The van der Waals surface area contributed by atoms with E-state index < -0.39 is 11.6 Å². The molecule has 0 aromatic carbocycles. The Kier molecular flexibility index (Phi) is 3.63. The zero-order chi connectivity index (χ0) is 18.0. The summed E-state index contributed by atoms with van der Waals surface area (Å²) >= 11 is 0. The Morgan fingerprint density at radius 2 is 2.12 bits per heavy atom. The maximum absolute atomic E-state index is 15.0. The summed E-state index contributed by atoms with van der Waals surface area (Å²) in [5, 5.41) is 19.5. The topological polar surface area (TPSA) is 57.5 Å². The van der Waals surface area contributed by atoms with Crippen LogP contribution in [0.25, 0.3) is 0 Å². The average molecular weight is 344 g/mol. The van der Waals surface area contributed by atoms with Gasteiger partial charge in [0.2, 0.25) is 0 Å². The molecule has 0 bridgehead atoms. The molecule has 0 amide bonds. The van der Waals surface area contributed by atoms with Crippen molar-refractivity contribution in [2.45, 2.75) is 45.7 Å². The van der Waals surface area contributed by atoms with Gasteiger partial charge in [-0.05, 0) is 73.2 Å². The minimum Gasteiger partial charge on any atom is -0.510 e. The first-order valence-corrected chi connectivity index (χ1v) is 9.13. The van der Waals surface area contributed by atoms with Gasteiger partial charge in [0.15, 0.2) is 5.78 Å². The second kappa shape index (κ2) is 5.41. The molecule has 0 spiro atoms. The van der Waals surface area contributed by atoms with Crippen molar-refractivity contribution in [1.82, 2.24) is 0 Å². The van der Waals surface area contributed by atoms with Crippen LogP contribution in [0.3, 0.4) is 0 Å². The van der Waals surface area contributed by atoms with Gasteiger partial charge in [0.05, 0.1) is 0 Å². The summed E-state index contributed by atoms with van der Waals surface area (Å²) in [5.41, 5.74) is 2.03. The van der Waals surface area contributed by atoms with Gasteiger partial charge in [-0.25, -0.2) is 4.39 Å². The Balaban J connectivity index is 1.81. The van der Waals surface area contributed by atoms with Crippen LogP contribution in [0.15, 0.2) is 46.8 Å². The molecule has 0 aliphatic heterocycles. The molecule has 0 aromatic heterocycles. The van der Waals surface area contributed by atoms with Crippen molar-refractivity contribution in [2.24, 2.45) is 22.7 Å². The van der Waals surface area contributed by atoms with Crippen molar-refractivity contribution in [1.29, 1.82) is 0 Å². The molecule has 4 aliphatic rings. The van der Waals surface area contributed by atoms with Crippen LogP contribution in [0.1, 0.15) is 39.5 Å². The van der Waals surface area contributed by atoms with Gasteiger partial charge >= 0.3 is 0 Å². The van der Waals surface area contributed by atoms with E-state index in [0.717, 1.165) is 24.8 Å². The van der Waals surface area contributed by atoms with Gasteiger partial charge in [-0.1, -0.05) is 24.6 Å². The SMILES string of the molecule is C[C@]12C=CC(=O)C=C1[C@@H](F)C[C@@H]1C2=CC[C@]2(C)C(=C(O)CO)CC[C@@H]12. The first-order chi connectivity index (χ1) is 11.8. The van der Waals surface area contributed by atoms with E-state index in [2.05, 4.69) is 13.0 Å². The van der Waals surface area contributed by atoms with Crippen molar-refractivity contribution < 1.29 is 19.4 Å². The van der Waals surface area contributed by atoms with Crippen LogP contribution in [0.4, 0.5) is 4.39 Å².